The molecule has 0 bridgehead atoms. The predicted molar refractivity (Wildman–Crippen MR) is 109 cm³/mol. The summed E-state index contributed by atoms with van der Waals surface area (Å²) < 4.78 is 0. The van der Waals surface area contributed by atoms with Crippen LogP contribution in [0.4, 0.5) is 5.69 Å². The number of anilines is 1. The van der Waals surface area contributed by atoms with E-state index in [0.717, 1.165) is 12.0 Å². The van der Waals surface area contributed by atoms with E-state index in [2.05, 4.69) is 44.0 Å². The summed E-state index contributed by atoms with van der Waals surface area (Å²) >= 11 is 3.01. The monoisotopic (exact) mass is 431 g/mol. The first-order valence-electron chi connectivity index (χ1n) is 8.53. The molecule has 2 rings (SSSR count). The predicted octanol–water partition coefficient (Wildman–Crippen LogP) is 2.23. The molecule has 2 aromatic carbocycles. The fourth-order valence-corrected chi connectivity index (χ4v) is 2.62. The number of alkyl halides is 1. The minimum Gasteiger partial charge on any atom is -0.345 e. The largest absolute Gasteiger partial charge is 0.345 e. The number of rotatable bonds is 8. The molecule has 0 aliphatic heterocycles. The van der Waals surface area contributed by atoms with Gasteiger partial charge >= 0.3 is 0 Å². The van der Waals surface area contributed by atoms with Crippen molar-refractivity contribution in [2.75, 3.05) is 17.2 Å². The highest BCUT2D eigenvalue weighted by atomic mass is 79.9. The van der Waals surface area contributed by atoms with Gasteiger partial charge in [-0.3, -0.25) is 14.4 Å². The SMILES string of the molecule is CC(NC(=O)CBr)C(=O)NCC(=O)Nc1cccc(Cc2ccccc2)c1. The molecule has 0 saturated carbocycles. The van der Waals surface area contributed by atoms with Crippen LogP contribution in [-0.2, 0) is 20.8 Å². The molecule has 0 fully saturated rings. The molecule has 1 atom stereocenters. The van der Waals surface area contributed by atoms with Crippen molar-refractivity contribution in [1.82, 2.24) is 10.6 Å². The number of halogens is 1. The van der Waals surface area contributed by atoms with Gasteiger partial charge in [-0.1, -0.05) is 58.4 Å². The zero-order valence-electron chi connectivity index (χ0n) is 15.0. The first kappa shape index (κ1) is 20.6. The van der Waals surface area contributed by atoms with Crippen LogP contribution in [0.25, 0.3) is 0 Å². The number of carbonyl (C=O) groups is 3. The Labute approximate surface area is 166 Å². The molecular formula is C20H22BrN3O3. The number of amides is 3. The number of carbonyl (C=O) groups excluding carboxylic acids is 3. The topological polar surface area (TPSA) is 87.3 Å². The standard InChI is InChI=1S/C20H22BrN3O3/c1-14(23-18(25)12-21)20(27)22-13-19(26)24-17-9-5-8-16(11-17)10-15-6-3-2-4-7-15/h2-9,11,14H,10,12-13H2,1H3,(H,22,27)(H,23,25)(H,24,26). The van der Waals surface area contributed by atoms with Gasteiger partial charge in [-0.2, -0.15) is 0 Å². The molecule has 0 aliphatic rings. The van der Waals surface area contributed by atoms with Crippen molar-refractivity contribution in [3.63, 3.8) is 0 Å². The van der Waals surface area contributed by atoms with Crippen LogP contribution in [-0.4, -0.2) is 35.6 Å². The van der Waals surface area contributed by atoms with Crippen LogP contribution in [0, 0.1) is 0 Å². The minimum atomic E-state index is -0.711. The lowest BCUT2D eigenvalue weighted by molar-refractivity contribution is -0.128. The number of hydrogen-bond donors (Lipinski definition) is 3. The van der Waals surface area contributed by atoms with Gasteiger partial charge in [0.15, 0.2) is 0 Å². The summed E-state index contributed by atoms with van der Waals surface area (Å²) in [5.41, 5.74) is 2.94. The summed E-state index contributed by atoms with van der Waals surface area (Å²) in [5.74, 6) is -1.05. The van der Waals surface area contributed by atoms with Crippen LogP contribution in [0.5, 0.6) is 0 Å². The van der Waals surface area contributed by atoms with Crippen molar-refractivity contribution in [2.24, 2.45) is 0 Å². The van der Waals surface area contributed by atoms with Crippen LogP contribution in [0.2, 0.25) is 0 Å². The highest BCUT2D eigenvalue weighted by Gasteiger charge is 2.15. The zero-order valence-corrected chi connectivity index (χ0v) is 16.6. The van der Waals surface area contributed by atoms with E-state index in [1.165, 1.54) is 5.56 Å². The maximum absolute atomic E-state index is 12.1. The second kappa shape index (κ2) is 10.5. The number of hydrogen-bond acceptors (Lipinski definition) is 3. The lowest BCUT2D eigenvalue weighted by Gasteiger charge is -2.13. The average molecular weight is 432 g/mol. The Morgan fingerprint density at radius 1 is 0.963 bits per heavy atom. The molecule has 142 valence electrons. The molecule has 3 amide bonds. The Morgan fingerprint density at radius 3 is 2.37 bits per heavy atom. The lowest BCUT2D eigenvalue weighted by atomic mass is 10.0. The van der Waals surface area contributed by atoms with Crippen molar-refractivity contribution in [3.05, 3.63) is 65.7 Å². The first-order valence-corrected chi connectivity index (χ1v) is 9.66. The van der Waals surface area contributed by atoms with Crippen LogP contribution < -0.4 is 16.0 Å². The van der Waals surface area contributed by atoms with Crippen molar-refractivity contribution in [1.29, 1.82) is 0 Å². The summed E-state index contributed by atoms with van der Waals surface area (Å²) in [4.78, 5) is 35.2. The van der Waals surface area contributed by atoms with E-state index in [-0.39, 0.29) is 23.7 Å². The third-order valence-corrected chi connectivity index (χ3v) is 4.29. The van der Waals surface area contributed by atoms with Crippen molar-refractivity contribution < 1.29 is 14.4 Å². The van der Waals surface area contributed by atoms with Gasteiger partial charge in [0.1, 0.15) is 6.04 Å². The molecule has 1 unspecified atom stereocenters. The average Bonchev–Trinajstić information content (AvgIpc) is 2.67. The zero-order chi connectivity index (χ0) is 19.6. The fraction of sp³-hybridized carbons (Fsp3) is 0.250. The Kier molecular flexibility index (Phi) is 8.00. The summed E-state index contributed by atoms with van der Waals surface area (Å²) in [6, 6.07) is 16.9. The lowest BCUT2D eigenvalue weighted by Crippen LogP contribution is -2.47. The van der Waals surface area contributed by atoms with Gasteiger partial charge in [-0.25, -0.2) is 0 Å². The van der Waals surface area contributed by atoms with Gasteiger partial charge in [0.2, 0.25) is 17.7 Å². The minimum absolute atomic E-state index is 0.116. The van der Waals surface area contributed by atoms with E-state index in [1.54, 1.807) is 13.0 Å². The molecule has 2 aromatic rings. The van der Waals surface area contributed by atoms with E-state index in [1.807, 2.05) is 36.4 Å². The van der Waals surface area contributed by atoms with Gasteiger partial charge in [0.05, 0.1) is 11.9 Å². The van der Waals surface area contributed by atoms with Gasteiger partial charge in [-0.15, -0.1) is 0 Å². The Morgan fingerprint density at radius 2 is 1.67 bits per heavy atom. The van der Waals surface area contributed by atoms with E-state index < -0.39 is 11.9 Å². The van der Waals surface area contributed by atoms with Gasteiger partial charge in [-0.05, 0) is 36.6 Å². The molecule has 0 spiro atoms. The normalized spacial score (nSPS) is 11.3. The van der Waals surface area contributed by atoms with E-state index in [9.17, 15) is 14.4 Å². The maximum Gasteiger partial charge on any atom is 0.243 e. The molecular weight excluding hydrogens is 410 g/mol. The first-order chi connectivity index (χ1) is 13.0. The van der Waals surface area contributed by atoms with Crippen LogP contribution in [0.15, 0.2) is 54.6 Å². The molecule has 0 aliphatic carbocycles. The summed E-state index contributed by atoms with van der Waals surface area (Å²) in [7, 11) is 0. The Bertz CT molecular complexity index is 796. The molecule has 6 nitrogen and oxygen atoms in total. The molecule has 7 heteroatoms. The maximum atomic E-state index is 12.1. The highest BCUT2D eigenvalue weighted by molar-refractivity contribution is 9.09. The van der Waals surface area contributed by atoms with Gasteiger partial charge in [0.25, 0.3) is 0 Å². The summed E-state index contributed by atoms with van der Waals surface area (Å²) in [5, 5.41) is 7.89. The molecule has 0 aromatic heterocycles. The molecule has 3 N–H and O–H groups in total. The second-order valence-electron chi connectivity index (χ2n) is 6.05. The van der Waals surface area contributed by atoms with Crippen LogP contribution in [0.3, 0.4) is 0 Å². The summed E-state index contributed by atoms with van der Waals surface area (Å²) in [6.45, 7) is 1.39. The highest BCUT2D eigenvalue weighted by Crippen LogP contribution is 2.14. The van der Waals surface area contributed by atoms with Gasteiger partial charge < -0.3 is 16.0 Å². The van der Waals surface area contributed by atoms with Crippen molar-refractivity contribution in [3.8, 4) is 0 Å². The van der Waals surface area contributed by atoms with Crippen LogP contribution in [0.1, 0.15) is 18.1 Å². The Hall–Kier alpha value is -2.67. The van der Waals surface area contributed by atoms with E-state index >= 15 is 0 Å². The third-order valence-electron chi connectivity index (χ3n) is 3.78. The van der Waals surface area contributed by atoms with E-state index in [0.29, 0.717) is 5.69 Å². The molecule has 0 radical (unpaired) electrons. The molecule has 0 heterocycles. The number of nitrogens with one attached hydrogen (secondary N) is 3. The Balaban J connectivity index is 1.84. The van der Waals surface area contributed by atoms with Gasteiger partial charge in [0, 0.05) is 5.69 Å². The number of benzene rings is 2. The van der Waals surface area contributed by atoms with Crippen molar-refractivity contribution >= 4 is 39.3 Å². The smallest absolute Gasteiger partial charge is 0.243 e. The van der Waals surface area contributed by atoms with E-state index in [4.69, 9.17) is 0 Å². The molecule has 0 saturated heterocycles. The molecule has 27 heavy (non-hydrogen) atoms. The summed E-state index contributed by atoms with van der Waals surface area (Å²) in [6.07, 6.45) is 0.770. The van der Waals surface area contributed by atoms with Crippen LogP contribution >= 0.6 is 15.9 Å². The fourth-order valence-electron chi connectivity index (χ4n) is 2.46. The third kappa shape index (κ3) is 7.22. The quantitative estimate of drug-likeness (QED) is 0.560. The van der Waals surface area contributed by atoms with Crippen molar-refractivity contribution in [2.45, 2.75) is 19.4 Å². The second-order valence-corrected chi connectivity index (χ2v) is 6.61.